The van der Waals surface area contributed by atoms with Crippen molar-refractivity contribution in [2.45, 2.75) is 44.8 Å². The van der Waals surface area contributed by atoms with Gasteiger partial charge in [-0.2, -0.15) is 0 Å². The summed E-state index contributed by atoms with van der Waals surface area (Å²) < 4.78 is 20.2. The number of carbonyl (C=O) groups excluding carboxylic acids is 1. The van der Waals surface area contributed by atoms with Gasteiger partial charge in [-0.05, 0) is 0 Å². The molecule has 0 bridgehead atoms. The Morgan fingerprint density at radius 3 is 2.89 bits per heavy atom. The molecule has 1 aliphatic heterocycles. The van der Waals surface area contributed by atoms with Gasteiger partial charge >= 0.3 is 126 Å². The minimum atomic E-state index is -0.977. The summed E-state index contributed by atoms with van der Waals surface area (Å²) in [6.07, 6.45) is 2.85. The van der Waals surface area contributed by atoms with Crippen molar-refractivity contribution in [3.05, 3.63) is 0 Å². The van der Waals surface area contributed by atoms with Crippen LogP contribution in [0.2, 0.25) is 0 Å². The predicted molar refractivity (Wildman–Crippen MR) is 69.4 cm³/mol. The van der Waals surface area contributed by atoms with Crippen molar-refractivity contribution in [2.24, 2.45) is 0 Å². The van der Waals surface area contributed by atoms with Gasteiger partial charge in [0, 0.05) is 0 Å². The Hall–Kier alpha value is -0.110. The molecule has 0 aromatic rings. The molecule has 0 spiro atoms. The monoisotopic (exact) mass is 387 g/mol. The predicted octanol–water partition coefficient (Wildman–Crippen LogP) is -0.709. The average molecular weight is 387 g/mol. The van der Waals surface area contributed by atoms with Gasteiger partial charge < -0.3 is 0 Å². The second kappa shape index (κ2) is 8.94. The molecule has 1 saturated heterocycles. The van der Waals surface area contributed by atoms with Gasteiger partial charge in [-0.25, -0.2) is 0 Å². The van der Waals surface area contributed by atoms with Gasteiger partial charge in [-0.3, -0.25) is 0 Å². The van der Waals surface area contributed by atoms with Crippen LogP contribution in [0.3, 0.4) is 0 Å². The first-order valence-corrected chi connectivity index (χ1v) is 9.32. The molecule has 1 fully saturated rings. The number of alkyl halides is 2. The van der Waals surface area contributed by atoms with Crippen molar-refractivity contribution >= 4 is 6.09 Å². The number of hydrogen-bond donors (Lipinski definition) is 0. The summed E-state index contributed by atoms with van der Waals surface area (Å²) in [4.78, 5) is 15.3. The Labute approximate surface area is 126 Å². The van der Waals surface area contributed by atoms with E-state index < -0.39 is 27.8 Å². The van der Waals surface area contributed by atoms with E-state index in [1.165, 1.54) is 17.7 Å². The Kier molecular flexibility index (Phi) is 7.97. The summed E-state index contributed by atoms with van der Waals surface area (Å²) in [7, 11) is 3.56. The average Bonchev–Trinajstić information content (AvgIpc) is 2.37. The number of carbonyl (C=O) groups is 1. The first-order chi connectivity index (χ1) is 9.06. The van der Waals surface area contributed by atoms with E-state index in [4.69, 9.17) is 3.07 Å². The Balaban J connectivity index is 2.27. The van der Waals surface area contributed by atoms with Crippen LogP contribution in [0.1, 0.15) is 32.6 Å². The van der Waals surface area contributed by atoms with Crippen molar-refractivity contribution in [2.75, 3.05) is 31.6 Å². The van der Waals surface area contributed by atoms with Gasteiger partial charge in [-0.15, -0.1) is 0 Å². The summed E-state index contributed by atoms with van der Waals surface area (Å²) in [6.45, 7) is 3.38. The fraction of sp³-hybridized carbons (Fsp3) is 0.923. The summed E-state index contributed by atoms with van der Waals surface area (Å²) >= 11 is -0.532. The van der Waals surface area contributed by atoms with Gasteiger partial charge in [0.25, 0.3) is 0 Å². The van der Waals surface area contributed by atoms with E-state index in [0.29, 0.717) is 13.0 Å². The fourth-order valence-electron chi connectivity index (χ4n) is 2.15. The Morgan fingerprint density at radius 1 is 1.53 bits per heavy atom. The van der Waals surface area contributed by atoms with Gasteiger partial charge in [-0.1, -0.05) is 0 Å². The molecular weight excluding hydrogens is 362 g/mol. The fourth-order valence-corrected chi connectivity index (χ4v) is 3.80. The van der Waals surface area contributed by atoms with Gasteiger partial charge in [0.1, 0.15) is 0 Å². The summed E-state index contributed by atoms with van der Waals surface area (Å²) in [5.41, 5.74) is 0. The second-order valence-corrected chi connectivity index (χ2v) is 7.24. The molecule has 0 aliphatic carbocycles. The number of halogens is 2. The van der Waals surface area contributed by atoms with E-state index >= 15 is 0 Å². The molecule has 6 heteroatoms. The van der Waals surface area contributed by atoms with Crippen molar-refractivity contribution in [1.82, 2.24) is 9.80 Å². The van der Waals surface area contributed by atoms with Crippen LogP contribution in [-0.4, -0.2) is 59.7 Å². The van der Waals surface area contributed by atoms with E-state index in [-0.39, 0.29) is 12.1 Å². The molecule has 1 amide bonds. The number of nitrogens with zero attached hydrogens (tertiary/aromatic N) is 2. The Morgan fingerprint density at radius 2 is 2.26 bits per heavy atom. The molecule has 1 aliphatic rings. The van der Waals surface area contributed by atoms with Crippen LogP contribution in [0.25, 0.3) is 0 Å². The van der Waals surface area contributed by atoms with Crippen LogP contribution in [0.15, 0.2) is 0 Å². The number of hydrogen-bond acceptors (Lipinski definition) is 3. The van der Waals surface area contributed by atoms with Crippen LogP contribution in [0.4, 0.5) is 9.18 Å². The van der Waals surface area contributed by atoms with E-state index in [2.05, 4.69) is 6.92 Å². The molecule has 0 saturated carbocycles. The molecule has 0 N–H and O–H groups in total. The molecule has 0 radical (unpaired) electrons. The Bertz CT molecular complexity index is 281. The summed E-state index contributed by atoms with van der Waals surface area (Å²) in [5, 5.41) is 0. The molecule has 1 heterocycles. The van der Waals surface area contributed by atoms with Crippen LogP contribution >= 0.6 is 0 Å². The topological polar surface area (TPSA) is 32.8 Å². The van der Waals surface area contributed by atoms with Crippen molar-refractivity contribution in [3.63, 3.8) is 0 Å². The zero-order valence-electron chi connectivity index (χ0n) is 12.1. The zero-order chi connectivity index (χ0) is 14.3. The van der Waals surface area contributed by atoms with Gasteiger partial charge in [0.15, 0.2) is 0 Å². The maximum atomic E-state index is 13.9. The SMILES string of the molecule is CCCCC[I-]OC(=O)N(C)[C@H]1CCN(C)C[C@@H]1F. The zero-order valence-corrected chi connectivity index (χ0v) is 14.2. The van der Waals surface area contributed by atoms with Crippen LogP contribution in [0, 0.1) is 0 Å². The number of rotatable bonds is 6. The molecule has 1 rings (SSSR count). The molecule has 0 aromatic carbocycles. The van der Waals surface area contributed by atoms with Crippen molar-refractivity contribution in [3.8, 4) is 0 Å². The minimum absolute atomic E-state index is 0.330. The molecular formula is C13H25FIN2O2-. The number of likely N-dealkylation sites (tertiary alicyclic amines) is 1. The maximum absolute atomic E-state index is 13.9. The van der Waals surface area contributed by atoms with Crippen molar-refractivity contribution in [1.29, 1.82) is 0 Å². The number of piperidine rings is 1. The second-order valence-electron chi connectivity index (χ2n) is 5.09. The summed E-state index contributed by atoms with van der Waals surface area (Å²) in [6, 6.07) is -0.330. The molecule has 114 valence electrons. The standard InChI is InChI=1S/C13H25FIN2O2/c1-4-5-6-8-15-19-13(18)17(3)12-7-9-16(2)10-11(12)14/h11-12H,4-10H2,1-3H3/q-1/t11-,12-/m0/s1. The van der Waals surface area contributed by atoms with Crippen LogP contribution in [0.5, 0.6) is 0 Å². The van der Waals surface area contributed by atoms with Gasteiger partial charge in [0.2, 0.25) is 0 Å². The summed E-state index contributed by atoms with van der Waals surface area (Å²) in [5.74, 6) is 0. The van der Waals surface area contributed by atoms with Crippen LogP contribution < -0.4 is 21.6 Å². The van der Waals surface area contributed by atoms with E-state index in [0.717, 1.165) is 17.4 Å². The number of amides is 1. The molecule has 4 nitrogen and oxygen atoms in total. The quantitative estimate of drug-likeness (QED) is 0.343. The molecule has 2 atom stereocenters. The normalized spacial score (nSPS) is 24.4. The van der Waals surface area contributed by atoms with Gasteiger partial charge in [0.05, 0.1) is 0 Å². The van der Waals surface area contributed by atoms with E-state index in [9.17, 15) is 9.18 Å². The number of unbranched alkanes of at least 4 members (excludes halogenated alkanes) is 2. The first kappa shape index (κ1) is 16.9. The molecule has 0 unspecified atom stereocenters. The third-order valence-corrected chi connectivity index (χ3v) is 5.32. The van der Waals surface area contributed by atoms with Crippen LogP contribution in [-0.2, 0) is 3.07 Å². The third-order valence-electron chi connectivity index (χ3n) is 3.43. The molecule has 0 aromatic heterocycles. The molecule has 19 heavy (non-hydrogen) atoms. The third kappa shape index (κ3) is 5.81. The van der Waals surface area contributed by atoms with E-state index in [1.54, 1.807) is 7.05 Å². The van der Waals surface area contributed by atoms with Crippen molar-refractivity contribution < 1.29 is 33.9 Å². The van der Waals surface area contributed by atoms with E-state index in [1.807, 2.05) is 11.9 Å². The first-order valence-electron chi connectivity index (χ1n) is 6.91.